The molecule has 3 rings (SSSR count). The monoisotopic (exact) mass is 368 g/mol. The largest absolute Gasteiger partial charge is 0.347 e. The van der Waals surface area contributed by atoms with E-state index in [2.05, 4.69) is 0 Å². The van der Waals surface area contributed by atoms with Crippen molar-refractivity contribution in [1.82, 2.24) is 9.21 Å². The molecule has 138 valence electrons. The number of likely N-dealkylation sites (tertiary alicyclic amines) is 1. The van der Waals surface area contributed by atoms with Gasteiger partial charge >= 0.3 is 0 Å². The molecule has 2 aliphatic rings. The molecule has 1 amide bonds. The van der Waals surface area contributed by atoms with E-state index in [0.717, 1.165) is 5.56 Å². The van der Waals surface area contributed by atoms with E-state index in [1.54, 1.807) is 24.3 Å². The Morgan fingerprint density at radius 3 is 2.20 bits per heavy atom. The van der Waals surface area contributed by atoms with Gasteiger partial charge in [-0.25, -0.2) is 12.7 Å². The zero-order valence-corrected chi connectivity index (χ0v) is 15.4. The Balaban J connectivity index is 1.58. The molecule has 0 atom stereocenters. The quantitative estimate of drug-likeness (QED) is 0.787. The minimum Gasteiger partial charge on any atom is -0.347 e. The maximum atomic E-state index is 12.5. The van der Waals surface area contributed by atoms with Crippen LogP contribution in [0.25, 0.3) is 0 Å². The van der Waals surface area contributed by atoms with Gasteiger partial charge in [-0.2, -0.15) is 0 Å². The van der Waals surface area contributed by atoms with Crippen LogP contribution in [-0.4, -0.2) is 69.7 Å². The van der Waals surface area contributed by atoms with Crippen molar-refractivity contribution in [2.24, 2.45) is 0 Å². The van der Waals surface area contributed by atoms with Gasteiger partial charge in [0.1, 0.15) is 0 Å². The first-order valence-corrected chi connectivity index (χ1v) is 9.84. The highest BCUT2D eigenvalue weighted by molar-refractivity contribution is 7.89. The van der Waals surface area contributed by atoms with Crippen molar-refractivity contribution in [1.29, 1.82) is 0 Å². The second-order valence-electron chi connectivity index (χ2n) is 6.60. The third-order valence-electron chi connectivity index (χ3n) is 4.75. The first-order valence-electron chi connectivity index (χ1n) is 8.40. The van der Waals surface area contributed by atoms with E-state index in [1.165, 1.54) is 18.4 Å². The summed E-state index contributed by atoms with van der Waals surface area (Å²) in [6.45, 7) is 2.48. The molecule has 2 heterocycles. The summed E-state index contributed by atoms with van der Waals surface area (Å²) in [5.41, 5.74) is 0.802. The predicted octanol–water partition coefficient (Wildman–Crippen LogP) is 0.845. The lowest BCUT2D eigenvalue weighted by molar-refractivity contribution is -0.187. The zero-order chi connectivity index (χ0) is 18.1. The molecule has 0 bridgehead atoms. The van der Waals surface area contributed by atoms with Gasteiger partial charge in [-0.3, -0.25) is 4.79 Å². The van der Waals surface area contributed by atoms with Crippen molar-refractivity contribution < 1.29 is 22.7 Å². The van der Waals surface area contributed by atoms with Crippen LogP contribution in [0.2, 0.25) is 0 Å². The molecule has 2 aliphatic heterocycles. The van der Waals surface area contributed by atoms with E-state index in [-0.39, 0.29) is 17.2 Å². The lowest BCUT2D eigenvalue weighted by Gasteiger charge is -2.37. The Labute approximate surface area is 148 Å². The van der Waals surface area contributed by atoms with Crippen LogP contribution in [0.15, 0.2) is 29.2 Å². The number of piperidine rings is 1. The first-order chi connectivity index (χ1) is 11.8. The smallest absolute Gasteiger partial charge is 0.242 e. The Bertz CT molecular complexity index is 714. The highest BCUT2D eigenvalue weighted by atomic mass is 32.2. The van der Waals surface area contributed by atoms with Gasteiger partial charge < -0.3 is 14.4 Å². The lowest BCUT2D eigenvalue weighted by Crippen LogP contribution is -2.47. The first kappa shape index (κ1) is 18.3. The van der Waals surface area contributed by atoms with Crippen molar-refractivity contribution >= 4 is 15.9 Å². The molecule has 7 nitrogen and oxygen atoms in total. The third kappa shape index (κ3) is 3.87. The Morgan fingerprint density at radius 1 is 1.12 bits per heavy atom. The SMILES string of the molecule is CN(C)S(=O)(=O)c1ccc(CC(=O)N2CCC3(CC2)OCCO3)cc1. The highest BCUT2D eigenvalue weighted by Gasteiger charge is 2.40. The van der Waals surface area contributed by atoms with E-state index < -0.39 is 15.8 Å². The molecule has 2 fully saturated rings. The topological polar surface area (TPSA) is 76.2 Å². The molecule has 0 aromatic heterocycles. The Hall–Kier alpha value is -1.48. The second kappa shape index (κ2) is 7.03. The van der Waals surface area contributed by atoms with Crippen molar-refractivity contribution in [3.05, 3.63) is 29.8 Å². The van der Waals surface area contributed by atoms with Crippen LogP contribution in [0.1, 0.15) is 18.4 Å². The zero-order valence-electron chi connectivity index (χ0n) is 14.6. The summed E-state index contributed by atoms with van der Waals surface area (Å²) < 4.78 is 36.6. The number of amides is 1. The molecule has 2 saturated heterocycles. The summed E-state index contributed by atoms with van der Waals surface area (Å²) in [6.07, 6.45) is 1.65. The number of nitrogens with zero attached hydrogens (tertiary/aromatic N) is 2. The van der Waals surface area contributed by atoms with Crippen LogP contribution >= 0.6 is 0 Å². The molecule has 25 heavy (non-hydrogen) atoms. The molecule has 0 radical (unpaired) electrons. The minimum absolute atomic E-state index is 0.0380. The molecule has 0 saturated carbocycles. The Morgan fingerprint density at radius 2 is 1.68 bits per heavy atom. The van der Waals surface area contributed by atoms with Crippen LogP contribution in [0.5, 0.6) is 0 Å². The molecular weight excluding hydrogens is 344 g/mol. The van der Waals surface area contributed by atoms with Crippen molar-refractivity contribution in [2.75, 3.05) is 40.4 Å². The molecule has 0 unspecified atom stereocenters. The number of hydrogen-bond donors (Lipinski definition) is 0. The van der Waals surface area contributed by atoms with Crippen LogP contribution in [0, 0.1) is 0 Å². The van der Waals surface area contributed by atoms with Gasteiger partial charge in [0.25, 0.3) is 0 Å². The van der Waals surface area contributed by atoms with Gasteiger partial charge in [0.15, 0.2) is 5.79 Å². The number of carbonyl (C=O) groups is 1. The molecule has 0 N–H and O–H groups in total. The summed E-state index contributed by atoms with van der Waals surface area (Å²) >= 11 is 0. The van der Waals surface area contributed by atoms with E-state index in [0.29, 0.717) is 39.1 Å². The number of ether oxygens (including phenoxy) is 2. The van der Waals surface area contributed by atoms with Crippen molar-refractivity contribution in [3.8, 4) is 0 Å². The van der Waals surface area contributed by atoms with Gasteiger partial charge in [0.05, 0.1) is 24.5 Å². The summed E-state index contributed by atoms with van der Waals surface area (Å²) in [6, 6.07) is 6.48. The summed E-state index contributed by atoms with van der Waals surface area (Å²) in [7, 11) is -0.458. The standard InChI is InChI=1S/C17H24N2O5S/c1-18(2)25(21,22)15-5-3-14(4-6-15)13-16(20)19-9-7-17(8-10-19)23-11-12-24-17/h3-6H,7-13H2,1-2H3. The lowest BCUT2D eigenvalue weighted by atomic mass is 10.0. The van der Waals surface area contributed by atoms with E-state index in [9.17, 15) is 13.2 Å². The highest BCUT2D eigenvalue weighted by Crippen LogP contribution is 2.31. The predicted molar refractivity (Wildman–Crippen MR) is 91.5 cm³/mol. The summed E-state index contributed by atoms with van der Waals surface area (Å²) in [4.78, 5) is 14.5. The number of sulfonamides is 1. The van der Waals surface area contributed by atoms with E-state index in [1.807, 2.05) is 4.90 Å². The molecule has 0 aliphatic carbocycles. The maximum absolute atomic E-state index is 12.5. The fraction of sp³-hybridized carbons (Fsp3) is 0.588. The maximum Gasteiger partial charge on any atom is 0.242 e. The van der Waals surface area contributed by atoms with Crippen LogP contribution in [0.4, 0.5) is 0 Å². The average Bonchev–Trinajstić information content (AvgIpc) is 3.04. The fourth-order valence-corrected chi connectivity index (χ4v) is 4.06. The number of carbonyl (C=O) groups excluding carboxylic acids is 1. The number of rotatable bonds is 4. The van der Waals surface area contributed by atoms with E-state index >= 15 is 0 Å². The van der Waals surface area contributed by atoms with Gasteiger partial charge in [0.2, 0.25) is 15.9 Å². The Kier molecular flexibility index (Phi) is 5.15. The minimum atomic E-state index is -3.45. The van der Waals surface area contributed by atoms with Gasteiger partial charge in [-0.1, -0.05) is 12.1 Å². The molecule has 1 aromatic rings. The molecule has 8 heteroatoms. The van der Waals surface area contributed by atoms with E-state index in [4.69, 9.17) is 9.47 Å². The van der Waals surface area contributed by atoms with Crippen molar-refractivity contribution in [2.45, 2.75) is 29.9 Å². The van der Waals surface area contributed by atoms with Crippen LogP contribution in [-0.2, 0) is 30.7 Å². The van der Waals surface area contributed by atoms with Crippen LogP contribution < -0.4 is 0 Å². The molecular formula is C17H24N2O5S. The normalized spacial score (nSPS) is 20.4. The second-order valence-corrected chi connectivity index (χ2v) is 8.75. The molecule has 1 spiro atoms. The number of hydrogen-bond acceptors (Lipinski definition) is 5. The van der Waals surface area contributed by atoms with Gasteiger partial charge in [-0.15, -0.1) is 0 Å². The average molecular weight is 368 g/mol. The summed E-state index contributed by atoms with van der Waals surface area (Å²) in [5.74, 6) is -0.449. The summed E-state index contributed by atoms with van der Waals surface area (Å²) in [5, 5.41) is 0. The van der Waals surface area contributed by atoms with Crippen molar-refractivity contribution in [3.63, 3.8) is 0 Å². The molecule has 1 aromatic carbocycles. The number of benzene rings is 1. The third-order valence-corrected chi connectivity index (χ3v) is 6.58. The van der Waals surface area contributed by atoms with Gasteiger partial charge in [-0.05, 0) is 17.7 Å². The van der Waals surface area contributed by atoms with Crippen LogP contribution in [0.3, 0.4) is 0 Å². The van der Waals surface area contributed by atoms with Gasteiger partial charge in [0, 0.05) is 40.0 Å². The fourth-order valence-electron chi connectivity index (χ4n) is 3.16.